The van der Waals surface area contributed by atoms with Gasteiger partial charge in [0, 0.05) is 9.77 Å². The summed E-state index contributed by atoms with van der Waals surface area (Å²) in [7, 11) is 0. The van der Waals surface area contributed by atoms with Crippen molar-refractivity contribution in [1.82, 2.24) is 5.32 Å². The molecule has 1 aliphatic heterocycles. The number of para-hydroxylation sites is 1. The Bertz CT molecular complexity index is 1040. The summed E-state index contributed by atoms with van der Waals surface area (Å²) >= 11 is 3.02. The predicted molar refractivity (Wildman–Crippen MR) is 119 cm³/mol. The van der Waals surface area contributed by atoms with Gasteiger partial charge < -0.3 is 10.2 Å². The van der Waals surface area contributed by atoms with E-state index in [0.29, 0.717) is 13.1 Å². The van der Waals surface area contributed by atoms with Crippen molar-refractivity contribution in [1.29, 1.82) is 0 Å². The van der Waals surface area contributed by atoms with E-state index in [4.69, 9.17) is 0 Å². The fourth-order valence-corrected chi connectivity index (χ4v) is 5.31. The maximum absolute atomic E-state index is 13.4. The highest BCUT2D eigenvalue weighted by Gasteiger charge is 2.39. The van der Waals surface area contributed by atoms with Crippen LogP contribution < -0.4 is 10.2 Å². The van der Waals surface area contributed by atoms with E-state index >= 15 is 0 Å². The smallest absolute Gasteiger partial charge is 0.241 e. The Labute approximate surface area is 183 Å². The number of fused-ring (bicyclic) bond motifs is 1. The number of benzene rings is 2. The van der Waals surface area contributed by atoms with E-state index in [-0.39, 0.29) is 17.6 Å². The Hall–Kier alpha value is -2.64. The number of thiophene rings is 1. The molecule has 7 heteroatoms. The molecule has 154 valence electrons. The first kappa shape index (κ1) is 20.6. The number of nitrogens with zero attached hydrogens (tertiary/aromatic N) is 1. The van der Waals surface area contributed by atoms with E-state index < -0.39 is 11.2 Å². The zero-order chi connectivity index (χ0) is 21.1. The molecule has 0 radical (unpaired) electrons. The summed E-state index contributed by atoms with van der Waals surface area (Å²) in [5.41, 5.74) is 1.65. The molecule has 4 nitrogen and oxygen atoms in total. The molecule has 30 heavy (non-hydrogen) atoms. The topological polar surface area (TPSA) is 49.4 Å². The van der Waals surface area contributed by atoms with Gasteiger partial charge in [-0.15, -0.1) is 23.1 Å². The first-order chi connectivity index (χ1) is 14.5. The van der Waals surface area contributed by atoms with Crippen LogP contribution in [0, 0.1) is 11.7 Å². The highest BCUT2D eigenvalue weighted by atomic mass is 32.2. The molecule has 0 aliphatic carbocycles. The maximum atomic E-state index is 13.4. The van der Waals surface area contributed by atoms with E-state index in [1.165, 1.54) is 23.9 Å². The van der Waals surface area contributed by atoms with Crippen LogP contribution in [0.2, 0.25) is 0 Å². The number of hydrogen-bond acceptors (Lipinski definition) is 4. The Morgan fingerprint density at radius 2 is 1.90 bits per heavy atom. The van der Waals surface area contributed by atoms with Crippen LogP contribution in [0.1, 0.15) is 17.4 Å². The molecule has 2 atom stereocenters. The van der Waals surface area contributed by atoms with Crippen LogP contribution in [-0.2, 0) is 22.7 Å². The Kier molecular flexibility index (Phi) is 6.20. The number of nitrogens with one attached hydrogen (secondary N) is 1. The van der Waals surface area contributed by atoms with Crippen molar-refractivity contribution in [2.75, 3.05) is 4.90 Å². The molecule has 1 aliphatic rings. The van der Waals surface area contributed by atoms with Crippen molar-refractivity contribution in [2.45, 2.75) is 30.2 Å². The lowest BCUT2D eigenvalue weighted by Gasteiger charge is -2.35. The van der Waals surface area contributed by atoms with Gasteiger partial charge in [-0.25, -0.2) is 4.39 Å². The zero-order valence-electron chi connectivity index (χ0n) is 16.4. The van der Waals surface area contributed by atoms with Gasteiger partial charge in [0.15, 0.2) is 0 Å². The van der Waals surface area contributed by atoms with Crippen molar-refractivity contribution in [3.63, 3.8) is 0 Å². The molecule has 0 fully saturated rings. The standard InChI is InChI=1S/C23H21FN2O2S2/c1-15(22(27)25-13-18-5-4-12-29-18)21-23(28)26(14-16-8-10-17(24)11-9-16)19-6-2-3-7-20(19)30-21/h2-12,15,21H,13-14H2,1H3,(H,25,27)/t15-,21-/m0/s1. The van der Waals surface area contributed by atoms with Gasteiger partial charge in [-0.1, -0.05) is 37.3 Å². The second-order valence-corrected chi connectivity index (χ2v) is 9.36. The molecule has 0 unspecified atom stereocenters. The molecule has 1 N–H and O–H groups in total. The van der Waals surface area contributed by atoms with Crippen molar-refractivity contribution in [3.8, 4) is 0 Å². The minimum atomic E-state index is -0.524. The Morgan fingerprint density at radius 1 is 1.13 bits per heavy atom. The van der Waals surface area contributed by atoms with E-state index in [2.05, 4.69) is 5.32 Å². The van der Waals surface area contributed by atoms with Crippen molar-refractivity contribution >= 4 is 40.6 Å². The van der Waals surface area contributed by atoms with Crippen molar-refractivity contribution in [2.24, 2.45) is 5.92 Å². The molecule has 3 aromatic rings. The van der Waals surface area contributed by atoms with E-state index in [1.54, 1.807) is 35.3 Å². The van der Waals surface area contributed by atoms with Gasteiger partial charge >= 0.3 is 0 Å². The molecule has 0 bridgehead atoms. The lowest BCUT2D eigenvalue weighted by molar-refractivity contribution is -0.128. The van der Waals surface area contributed by atoms with E-state index in [9.17, 15) is 14.0 Å². The average molecular weight is 441 g/mol. The molecule has 0 spiro atoms. The van der Waals surface area contributed by atoms with Gasteiger partial charge in [0.1, 0.15) is 11.1 Å². The SMILES string of the molecule is C[C@H](C(=O)NCc1cccs1)[C@@H]1Sc2ccccc2N(Cc2ccc(F)cc2)C1=O. The molecule has 0 saturated heterocycles. The van der Waals surface area contributed by atoms with Gasteiger partial charge in [-0.05, 0) is 41.3 Å². The monoisotopic (exact) mass is 440 g/mol. The zero-order valence-corrected chi connectivity index (χ0v) is 18.0. The first-order valence-electron chi connectivity index (χ1n) is 9.64. The molecular formula is C23H21FN2O2S2. The Morgan fingerprint density at radius 3 is 2.63 bits per heavy atom. The molecule has 0 saturated carbocycles. The Balaban J connectivity index is 1.54. The predicted octanol–water partition coefficient (Wildman–Crippen LogP) is 4.85. The van der Waals surface area contributed by atoms with Gasteiger partial charge in [-0.2, -0.15) is 0 Å². The first-order valence-corrected chi connectivity index (χ1v) is 11.4. The highest BCUT2D eigenvalue weighted by molar-refractivity contribution is 8.01. The summed E-state index contributed by atoms with van der Waals surface area (Å²) in [6.45, 7) is 2.59. The lowest BCUT2D eigenvalue weighted by atomic mass is 10.0. The number of rotatable bonds is 6. The third-order valence-corrected chi connectivity index (χ3v) is 7.40. The highest BCUT2D eigenvalue weighted by Crippen LogP contribution is 2.42. The van der Waals surface area contributed by atoms with Crippen molar-refractivity contribution < 1.29 is 14.0 Å². The lowest BCUT2D eigenvalue weighted by Crippen LogP contribution is -2.47. The van der Waals surface area contributed by atoms with Gasteiger partial charge in [-0.3, -0.25) is 9.59 Å². The fraction of sp³-hybridized carbons (Fsp3) is 0.217. The van der Waals surface area contributed by atoms with Crippen molar-refractivity contribution in [3.05, 3.63) is 82.3 Å². The summed E-state index contributed by atoms with van der Waals surface area (Å²) in [6, 6.07) is 17.7. The third kappa shape index (κ3) is 4.42. The largest absolute Gasteiger partial charge is 0.351 e. The maximum Gasteiger partial charge on any atom is 0.241 e. The summed E-state index contributed by atoms with van der Waals surface area (Å²) < 4.78 is 13.3. The molecule has 2 aromatic carbocycles. The number of amides is 2. The van der Waals surface area contributed by atoms with Crippen LogP contribution in [0.25, 0.3) is 0 Å². The third-order valence-electron chi connectivity index (χ3n) is 5.06. The normalized spacial score (nSPS) is 16.8. The average Bonchev–Trinajstić information content (AvgIpc) is 3.28. The number of thioether (sulfide) groups is 1. The summed E-state index contributed by atoms with van der Waals surface area (Å²) in [5, 5.41) is 4.39. The number of anilines is 1. The minimum absolute atomic E-state index is 0.109. The van der Waals surface area contributed by atoms with E-state index in [1.807, 2.05) is 41.8 Å². The van der Waals surface area contributed by atoms with Gasteiger partial charge in [0.2, 0.25) is 11.8 Å². The summed E-state index contributed by atoms with van der Waals surface area (Å²) in [6.07, 6.45) is 0. The van der Waals surface area contributed by atoms with Crippen LogP contribution in [0.15, 0.2) is 70.9 Å². The minimum Gasteiger partial charge on any atom is -0.351 e. The van der Waals surface area contributed by atoms with Crippen LogP contribution in [0.3, 0.4) is 0 Å². The quantitative estimate of drug-likeness (QED) is 0.596. The summed E-state index contributed by atoms with van der Waals surface area (Å²) in [4.78, 5) is 29.9. The summed E-state index contributed by atoms with van der Waals surface area (Å²) in [5.74, 6) is -1.06. The number of carbonyl (C=O) groups excluding carboxylic acids is 2. The second-order valence-electron chi connectivity index (χ2n) is 7.14. The second kappa shape index (κ2) is 9.02. The van der Waals surface area contributed by atoms with Gasteiger partial charge in [0.05, 0.1) is 24.7 Å². The molecule has 1 aromatic heterocycles. The van der Waals surface area contributed by atoms with Crippen LogP contribution in [-0.4, -0.2) is 17.1 Å². The van der Waals surface area contributed by atoms with Gasteiger partial charge in [0.25, 0.3) is 0 Å². The number of carbonyl (C=O) groups is 2. The molecule has 4 rings (SSSR count). The molecule has 2 amide bonds. The number of halogens is 1. The van der Waals surface area contributed by atoms with E-state index in [0.717, 1.165) is 21.0 Å². The van der Waals surface area contributed by atoms with Crippen LogP contribution in [0.5, 0.6) is 0 Å². The number of hydrogen-bond donors (Lipinski definition) is 1. The molecule has 2 heterocycles. The van der Waals surface area contributed by atoms with Crippen LogP contribution in [0.4, 0.5) is 10.1 Å². The fourth-order valence-electron chi connectivity index (χ4n) is 3.38. The molecular weight excluding hydrogens is 419 g/mol. The van der Waals surface area contributed by atoms with Crippen LogP contribution >= 0.6 is 23.1 Å².